The van der Waals surface area contributed by atoms with Gasteiger partial charge in [0, 0.05) is 13.6 Å². The number of likely N-dealkylation sites (N-methyl/N-ethyl adjacent to an activating group) is 1. The van der Waals surface area contributed by atoms with Crippen LogP contribution in [0.5, 0.6) is 0 Å². The summed E-state index contributed by atoms with van der Waals surface area (Å²) < 4.78 is 0. The Bertz CT molecular complexity index is 179. The lowest BCUT2D eigenvalue weighted by molar-refractivity contribution is 0.474. The molecule has 0 bridgehead atoms. The van der Waals surface area contributed by atoms with E-state index >= 15 is 0 Å². The Kier molecular flexibility index (Phi) is 1.24. The first-order chi connectivity index (χ1) is 4.13. The summed E-state index contributed by atoms with van der Waals surface area (Å²) in [5.74, 6) is 0.861. The van der Waals surface area contributed by atoms with Crippen LogP contribution in [0, 0.1) is 0 Å². The first-order valence-corrected chi connectivity index (χ1v) is 2.98. The van der Waals surface area contributed by atoms with E-state index in [0.717, 1.165) is 23.5 Å². The highest BCUT2D eigenvalue weighted by atomic mass is 15.2. The predicted octanol–water partition coefficient (Wildman–Crippen LogP) is 0.678. The lowest BCUT2D eigenvalue weighted by Gasteiger charge is -2.10. The van der Waals surface area contributed by atoms with Crippen molar-refractivity contribution in [2.75, 3.05) is 13.6 Å². The van der Waals surface area contributed by atoms with Gasteiger partial charge in [0.2, 0.25) is 0 Å². The Hall–Kier alpha value is -0.920. The van der Waals surface area contributed by atoms with Crippen molar-refractivity contribution in [3.63, 3.8) is 0 Å². The fraction of sp³-hybridized carbons (Fsp3) is 0.429. The van der Waals surface area contributed by atoms with E-state index in [1.165, 1.54) is 0 Å². The number of hydrogen-bond donors (Lipinski definition) is 1. The van der Waals surface area contributed by atoms with E-state index in [0.29, 0.717) is 0 Å². The zero-order valence-electron chi connectivity index (χ0n) is 5.94. The van der Waals surface area contributed by atoms with Crippen molar-refractivity contribution in [3.8, 4) is 0 Å². The van der Waals surface area contributed by atoms with Crippen LogP contribution in [0.25, 0.3) is 0 Å². The molecule has 0 atom stereocenters. The average Bonchev–Trinajstić information content (AvgIpc) is 1.98. The summed E-state index contributed by atoms with van der Waals surface area (Å²) in [5.41, 5.74) is 7.93. The lowest BCUT2D eigenvalue weighted by atomic mass is 10.2. The summed E-state index contributed by atoms with van der Waals surface area (Å²) >= 11 is 0. The highest BCUT2D eigenvalue weighted by Gasteiger charge is 2.15. The van der Waals surface area contributed by atoms with Gasteiger partial charge in [0.15, 0.2) is 0 Å². The highest BCUT2D eigenvalue weighted by molar-refractivity contribution is 5.36. The molecule has 0 amide bonds. The van der Waals surface area contributed by atoms with Crippen LogP contribution < -0.4 is 5.73 Å². The van der Waals surface area contributed by atoms with E-state index in [4.69, 9.17) is 5.73 Å². The Morgan fingerprint density at radius 3 is 2.33 bits per heavy atom. The maximum Gasteiger partial charge on any atom is 0.102 e. The highest BCUT2D eigenvalue weighted by Crippen LogP contribution is 2.19. The molecule has 1 aliphatic heterocycles. The molecule has 0 radical (unpaired) electrons. The van der Waals surface area contributed by atoms with Crippen LogP contribution in [0.2, 0.25) is 0 Å². The zero-order valence-corrected chi connectivity index (χ0v) is 5.94. The number of rotatable bonds is 0. The van der Waals surface area contributed by atoms with Crippen molar-refractivity contribution in [2.24, 2.45) is 5.73 Å². The van der Waals surface area contributed by atoms with Gasteiger partial charge in [-0.05, 0) is 18.1 Å². The third-order valence-corrected chi connectivity index (χ3v) is 1.75. The Morgan fingerprint density at radius 1 is 1.67 bits per heavy atom. The second-order valence-electron chi connectivity index (χ2n) is 2.47. The number of nitrogens with two attached hydrogens (primary N) is 1. The van der Waals surface area contributed by atoms with Crippen LogP contribution in [0.4, 0.5) is 0 Å². The topological polar surface area (TPSA) is 29.3 Å². The fourth-order valence-corrected chi connectivity index (χ4v) is 0.957. The van der Waals surface area contributed by atoms with E-state index in [1.54, 1.807) is 0 Å². The monoisotopic (exact) mass is 124 g/mol. The molecule has 1 aliphatic rings. The summed E-state index contributed by atoms with van der Waals surface area (Å²) in [6.07, 6.45) is 0. The van der Waals surface area contributed by atoms with Crippen LogP contribution in [-0.4, -0.2) is 18.5 Å². The number of nitrogens with zero attached hydrogens (tertiary/aromatic N) is 1. The molecular formula is C7H12N2. The SMILES string of the molecule is C=C1CN(C)C(N)=C1C. The molecule has 0 aliphatic carbocycles. The Morgan fingerprint density at radius 2 is 2.22 bits per heavy atom. The van der Waals surface area contributed by atoms with Gasteiger partial charge in [-0.2, -0.15) is 0 Å². The fourth-order valence-electron chi connectivity index (χ4n) is 0.957. The van der Waals surface area contributed by atoms with Crippen molar-refractivity contribution < 1.29 is 0 Å². The standard InChI is InChI=1S/C7H12N2/c1-5-4-9(3)7(8)6(5)2/h1,4,8H2,2-3H3. The smallest absolute Gasteiger partial charge is 0.102 e. The van der Waals surface area contributed by atoms with Crippen molar-refractivity contribution in [1.82, 2.24) is 4.90 Å². The first kappa shape index (κ1) is 6.20. The van der Waals surface area contributed by atoms with Crippen LogP contribution in [-0.2, 0) is 0 Å². The molecule has 0 unspecified atom stereocenters. The molecule has 0 saturated heterocycles. The summed E-state index contributed by atoms with van der Waals surface area (Å²) in [6, 6.07) is 0. The second kappa shape index (κ2) is 1.79. The van der Waals surface area contributed by atoms with E-state index in [9.17, 15) is 0 Å². The third kappa shape index (κ3) is 0.803. The Balaban J connectivity index is 2.92. The summed E-state index contributed by atoms with van der Waals surface area (Å²) in [5, 5.41) is 0. The predicted molar refractivity (Wildman–Crippen MR) is 38.7 cm³/mol. The maximum absolute atomic E-state index is 5.66. The molecule has 50 valence electrons. The molecule has 0 aromatic carbocycles. The summed E-state index contributed by atoms with van der Waals surface area (Å²) in [6.45, 7) is 6.74. The first-order valence-electron chi connectivity index (χ1n) is 2.98. The van der Waals surface area contributed by atoms with Crippen LogP contribution in [0.3, 0.4) is 0 Å². The Labute approximate surface area is 55.6 Å². The van der Waals surface area contributed by atoms with Crippen LogP contribution >= 0.6 is 0 Å². The van der Waals surface area contributed by atoms with Crippen molar-refractivity contribution in [2.45, 2.75) is 6.92 Å². The second-order valence-corrected chi connectivity index (χ2v) is 2.47. The molecule has 0 spiro atoms. The minimum atomic E-state index is 0.861. The van der Waals surface area contributed by atoms with Gasteiger partial charge in [-0.15, -0.1) is 0 Å². The molecule has 1 heterocycles. The largest absolute Gasteiger partial charge is 0.385 e. The van der Waals surface area contributed by atoms with Crippen molar-refractivity contribution in [3.05, 3.63) is 23.5 Å². The lowest BCUT2D eigenvalue weighted by Crippen LogP contribution is -2.19. The van der Waals surface area contributed by atoms with E-state index in [2.05, 4.69) is 6.58 Å². The molecule has 2 heteroatoms. The third-order valence-electron chi connectivity index (χ3n) is 1.75. The molecule has 2 nitrogen and oxygen atoms in total. The molecule has 0 aromatic rings. The van der Waals surface area contributed by atoms with Gasteiger partial charge in [0.1, 0.15) is 5.82 Å². The van der Waals surface area contributed by atoms with E-state index < -0.39 is 0 Å². The molecule has 2 N–H and O–H groups in total. The minimum absolute atomic E-state index is 0.861. The number of hydrogen-bond acceptors (Lipinski definition) is 2. The quantitative estimate of drug-likeness (QED) is 0.514. The van der Waals surface area contributed by atoms with Crippen molar-refractivity contribution >= 4 is 0 Å². The van der Waals surface area contributed by atoms with Gasteiger partial charge in [-0.3, -0.25) is 0 Å². The maximum atomic E-state index is 5.66. The van der Waals surface area contributed by atoms with Crippen LogP contribution in [0.15, 0.2) is 23.5 Å². The summed E-state index contributed by atoms with van der Waals surface area (Å²) in [7, 11) is 1.97. The van der Waals surface area contributed by atoms with E-state index in [1.807, 2.05) is 18.9 Å². The summed E-state index contributed by atoms with van der Waals surface area (Å²) in [4.78, 5) is 2.00. The van der Waals surface area contributed by atoms with Gasteiger partial charge in [-0.1, -0.05) is 6.58 Å². The molecule has 9 heavy (non-hydrogen) atoms. The molecule has 1 rings (SSSR count). The van der Waals surface area contributed by atoms with Gasteiger partial charge in [0.25, 0.3) is 0 Å². The molecule has 0 aromatic heterocycles. The van der Waals surface area contributed by atoms with Gasteiger partial charge < -0.3 is 10.6 Å². The van der Waals surface area contributed by atoms with Gasteiger partial charge >= 0.3 is 0 Å². The van der Waals surface area contributed by atoms with Crippen LogP contribution in [0.1, 0.15) is 6.92 Å². The zero-order chi connectivity index (χ0) is 7.02. The molecular weight excluding hydrogens is 112 g/mol. The average molecular weight is 124 g/mol. The molecule has 0 fully saturated rings. The van der Waals surface area contributed by atoms with Crippen molar-refractivity contribution in [1.29, 1.82) is 0 Å². The van der Waals surface area contributed by atoms with E-state index in [-0.39, 0.29) is 0 Å². The normalized spacial score (nSPS) is 19.8. The molecule has 0 saturated carbocycles. The van der Waals surface area contributed by atoms with Gasteiger partial charge in [0.05, 0.1) is 0 Å². The van der Waals surface area contributed by atoms with Gasteiger partial charge in [-0.25, -0.2) is 0 Å². The minimum Gasteiger partial charge on any atom is -0.385 e.